The maximum Gasteiger partial charge on any atom is 0.292 e. The molecule has 1 amide bonds. The number of carbonyl (C=O) groups is 1. The normalized spacial score (nSPS) is 10.4. The topological polar surface area (TPSA) is 85.4 Å². The number of benzene rings is 2. The lowest BCUT2D eigenvalue weighted by Gasteiger charge is -2.04. The molecule has 24 heavy (non-hydrogen) atoms. The molecule has 0 unspecified atom stereocenters. The van der Waals surface area contributed by atoms with Gasteiger partial charge in [0.1, 0.15) is 17.3 Å². The van der Waals surface area contributed by atoms with Crippen LogP contribution in [0.2, 0.25) is 0 Å². The van der Waals surface area contributed by atoms with E-state index in [0.717, 1.165) is 0 Å². The van der Waals surface area contributed by atoms with Crippen molar-refractivity contribution in [2.45, 2.75) is 0 Å². The van der Waals surface area contributed by atoms with Crippen LogP contribution in [0.3, 0.4) is 0 Å². The van der Waals surface area contributed by atoms with Crippen LogP contribution >= 0.6 is 0 Å². The number of hydrogen-bond acceptors (Lipinski definition) is 4. The van der Waals surface area contributed by atoms with E-state index < -0.39 is 16.6 Å². The van der Waals surface area contributed by atoms with Crippen molar-refractivity contribution in [3.8, 4) is 11.3 Å². The minimum absolute atomic E-state index is 0.0522. The van der Waals surface area contributed by atoms with Crippen LogP contribution in [0, 0.1) is 15.9 Å². The molecule has 0 fully saturated rings. The molecule has 0 aliphatic carbocycles. The number of nitro benzene ring substituents is 1. The molecule has 0 atom stereocenters. The molecule has 3 aromatic rings. The van der Waals surface area contributed by atoms with Crippen molar-refractivity contribution in [1.29, 1.82) is 0 Å². The molecule has 2 aromatic carbocycles. The molecule has 0 saturated carbocycles. The maximum atomic E-state index is 13.7. The zero-order chi connectivity index (χ0) is 17.1. The SMILES string of the molecule is O=C(Nc1ccccc1[N+](=O)[O-])c1ccc(-c2ccccc2F)o1. The lowest BCUT2D eigenvalue weighted by Crippen LogP contribution is -2.12. The molecule has 7 heteroatoms. The van der Waals surface area contributed by atoms with E-state index in [1.807, 2.05) is 0 Å². The summed E-state index contributed by atoms with van der Waals surface area (Å²) in [6.45, 7) is 0. The van der Waals surface area contributed by atoms with Gasteiger partial charge in [0, 0.05) is 6.07 Å². The average Bonchev–Trinajstić information content (AvgIpc) is 3.05. The van der Waals surface area contributed by atoms with Gasteiger partial charge in [-0.2, -0.15) is 0 Å². The lowest BCUT2D eigenvalue weighted by atomic mass is 10.1. The number of carbonyl (C=O) groups excluding carboxylic acids is 1. The number of halogens is 1. The van der Waals surface area contributed by atoms with E-state index in [-0.39, 0.29) is 28.5 Å². The lowest BCUT2D eigenvalue weighted by molar-refractivity contribution is -0.383. The molecule has 1 heterocycles. The monoisotopic (exact) mass is 326 g/mol. The smallest absolute Gasteiger partial charge is 0.292 e. The van der Waals surface area contributed by atoms with Crippen LogP contribution in [0.5, 0.6) is 0 Å². The zero-order valence-corrected chi connectivity index (χ0v) is 12.2. The van der Waals surface area contributed by atoms with E-state index in [2.05, 4.69) is 5.32 Å². The van der Waals surface area contributed by atoms with Gasteiger partial charge in [-0.3, -0.25) is 14.9 Å². The Morgan fingerprint density at radius 2 is 1.75 bits per heavy atom. The number of rotatable bonds is 4. The average molecular weight is 326 g/mol. The molecular formula is C17H11FN2O4. The first-order chi connectivity index (χ1) is 11.6. The Morgan fingerprint density at radius 3 is 2.50 bits per heavy atom. The molecular weight excluding hydrogens is 315 g/mol. The Morgan fingerprint density at radius 1 is 1.04 bits per heavy atom. The van der Waals surface area contributed by atoms with Gasteiger partial charge in [0.2, 0.25) is 0 Å². The second-order valence-corrected chi connectivity index (χ2v) is 4.87. The highest BCUT2D eigenvalue weighted by Gasteiger charge is 2.18. The van der Waals surface area contributed by atoms with Crippen molar-refractivity contribution in [2.24, 2.45) is 0 Å². The van der Waals surface area contributed by atoms with Crippen molar-refractivity contribution < 1.29 is 18.5 Å². The Labute approximate surface area is 135 Å². The van der Waals surface area contributed by atoms with E-state index in [1.165, 1.54) is 42.5 Å². The van der Waals surface area contributed by atoms with Gasteiger partial charge in [0.15, 0.2) is 5.76 Å². The fourth-order valence-electron chi connectivity index (χ4n) is 2.19. The van der Waals surface area contributed by atoms with Gasteiger partial charge in [-0.15, -0.1) is 0 Å². The molecule has 120 valence electrons. The summed E-state index contributed by atoms with van der Waals surface area (Å²) in [5.41, 5.74) is 0.0466. The fraction of sp³-hybridized carbons (Fsp3) is 0. The van der Waals surface area contributed by atoms with Gasteiger partial charge in [-0.1, -0.05) is 24.3 Å². The molecule has 0 saturated heterocycles. The first-order valence-corrected chi connectivity index (χ1v) is 6.96. The summed E-state index contributed by atoms with van der Waals surface area (Å²) in [6.07, 6.45) is 0. The standard InChI is InChI=1S/C17H11FN2O4/c18-12-6-2-1-5-11(12)15-9-10-16(24-15)17(21)19-13-7-3-4-8-14(13)20(22)23/h1-10H,(H,19,21). The number of anilines is 1. The summed E-state index contributed by atoms with van der Waals surface area (Å²) in [6, 6.07) is 14.6. The van der Waals surface area contributed by atoms with E-state index >= 15 is 0 Å². The number of furan rings is 1. The number of nitrogens with one attached hydrogen (secondary N) is 1. The summed E-state index contributed by atoms with van der Waals surface area (Å²) in [4.78, 5) is 22.6. The largest absolute Gasteiger partial charge is 0.451 e. The van der Waals surface area contributed by atoms with Crippen molar-refractivity contribution in [3.05, 3.63) is 82.4 Å². The van der Waals surface area contributed by atoms with Gasteiger partial charge in [0.25, 0.3) is 11.6 Å². The minimum atomic E-state index is -0.660. The first-order valence-electron chi connectivity index (χ1n) is 6.96. The molecule has 0 aliphatic heterocycles. The van der Waals surface area contributed by atoms with Gasteiger partial charge >= 0.3 is 0 Å². The third-order valence-corrected chi connectivity index (χ3v) is 3.32. The molecule has 0 bridgehead atoms. The number of nitrogens with zero attached hydrogens (tertiary/aromatic N) is 1. The third kappa shape index (κ3) is 3.00. The van der Waals surface area contributed by atoms with Gasteiger partial charge in [0.05, 0.1) is 10.5 Å². The van der Waals surface area contributed by atoms with Crippen molar-refractivity contribution in [1.82, 2.24) is 0 Å². The highest BCUT2D eigenvalue weighted by Crippen LogP contribution is 2.27. The van der Waals surface area contributed by atoms with Crippen molar-refractivity contribution >= 4 is 17.3 Å². The summed E-state index contributed by atoms with van der Waals surface area (Å²) < 4.78 is 19.1. The zero-order valence-electron chi connectivity index (χ0n) is 12.2. The molecule has 1 N–H and O–H groups in total. The summed E-state index contributed by atoms with van der Waals surface area (Å²) >= 11 is 0. The van der Waals surface area contributed by atoms with E-state index in [0.29, 0.717) is 0 Å². The van der Waals surface area contributed by atoms with Crippen molar-refractivity contribution in [3.63, 3.8) is 0 Å². The Bertz CT molecular complexity index is 920. The van der Waals surface area contributed by atoms with E-state index in [9.17, 15) is 19.3 Å². The predicted octanol–water partition coefficient (Wildman–Crippen LogP) is 4.25. The third-order valence-electron chi connectivity index (χ3n) is 3.32. The number of nitro groups is 1. The van der Waals surface area contributed by atoms with E-state index in [1.54, 1.807) is 18.2 Å². The molecule has 3 rings (SSSR count). The Hall–Kier alpha value is -3.48. The van der Waals surface area contributed by atoms with Gasteiger partial charge in [-0.25, -0.2) is 4.39 Å². The second-order valence-electron chi connectivity index (χ2n) is 4.87. The van der Waals surface area contributed by atoms with Crippen LogP contribution < -0.4 is 5.32 Å². The quantitative estimate of drug-likeness (QED) is 0.574. The first kappa shape index (κ1) is 15.4. The molecule has 6 nitrogen and oxygen atoms in total. The highest BCUT2D eigenvalue weighted by atomic mass is 19.1. The van der Waals surface area contributed by atoms with Crippen LogP contribution in [0.4, 0.5) is 15.8 Å². The fourth-order valence-corrected chi connectivity index (χ4v) is 2.19. The van der Waals surface area contributed by atoms with Gasteiger partial charge < -0.3 is 9.73 Å². The van der Waals surface area contributed by atoms with Crippen LogP contribution in [0.25, 0.3) is 11.3 Å². The summed E-state index contributed by atoms with van der Waals surface area (Å²) in [5.74, 6) is -1.02. The van der Waals surface area contributed by atoms with Crippen LogP contribution in [0.15, 0.2) is 65.1 Å². The van der Waals surface area contributed by atoms with Gasteiger partial charge in [-0.05, 0) is 30.3 Å². The summed E-state index contributed by atoms with van der Waals surface area (Å²) in [7, 11) is 0. The predicted molar refractivity (Wildman–Crippen MR) is 85.2 cm³/mol. The number of amides is 1. The number of para-hydroxylation sites is 2. The Balaban J connectivity index is 1.85. The van der Waals surface area contributed by atoms with Crippen LogP contribution in [0.1, 0.15) is 10.6 Å². The summed E-state index contributed by atoms with van der Waals surface area (Å²) in [5, 5.41) is 13.4. The van der Waals surface area contributed by atoms with Crippen molar-refractivity contribution in [2.75, 3.05) is 5.32 Å². The van der Waals surface area contributed by atoms with E-state index in [4.69, 9.17) is 4.42 Å². The molecule has 0 aliphatic rings. The Kier molecular flexibility index (Phi) is 4.07. The molecule has 0 spiro atoms. The molecule has 0 radical (unpaired) electrons. The molecule has 1 aromatic heterocycles. The second kappa shape index (κ2) is 6.33. The van der Waals surface area contributed by atoms with Crippen LogP contribution in [-0.2, 0) is 0 Å². The maximum absolute atomic E-state index is 13.7. The minimum Gasteiger partial charge on any atom is -0.451 e. The highest BCUT2D eigenvalue weighted by molar-refractivity contribution is 6.03. The van der Waals surface area contributed by atoms with Crippen LogP contribution in [-0.4, -0.2) is 10.8 Å². The number of hydrogen-bond donors (Lipinski definition) is 1.